The quantitative estimate of drug-likeness (QED) is 0.772. The number of aliphatic hydroxyl groups excluding tert-OH is 1. The Balaban J connectivity index is 2.18. The minimum absolute atomic E-state index is 0.0787. The number of pyridine rings is 1. The van der Waals surface area contributed by atoms with Gasteiger partial charge in [0.05, 0.1) is 18.9 Å². The molecule has 2 heterocycles. The summed E-state index contributed by atoms with van der Waals surface area (Å²) in [6, 6.07) is 12.9. The van der Waals surface area contributed by atoms with E-state index in [0.29, 0.717) is 34.8 Å². The minimum Gasteiger partial charge on any atom is -0.497 e. The first-order valence-electron chi connectivity index (χ1n) is 7.78. The summed E-state index contributed by atoms with van der Waals surface area (Å²) in [6.07, 6.45) is -0.127. The van der Waals surface area contributed by atoms with Crippen molar-refractivity contribution in [2.75, 3.05) is 7.11 Å². The van der Waals surface area contributed by atoms with Crippen molar-refractivity contribution >= 4 is 22.4 Å². The Labute approximate surface area is 143 Å². The van der Waals surface area contributed by atoms with Gasteiger partial charge >= 0.3 is 0 Å². The molecule has 1 atom stereocenters. The first-order chi connectivity index (χ1) is 11.6. The van der Waals surface area contributed by atoms with Crippen LogP contribution in [0.15, 0.2) is 47.3 Å². The van der Waals surface area contributed by atoms with Crippen molar-refractivity contribution in [2.24, 2.45) is 0 Å². The van der Waals surface area contributed by atoms with Crippen LogP contribution in [-0.4, -0.2) is 16.8 Å². The third-order valence-corrected chi connectivity index (χ3v) is 4.81. The smallest absolute Gasteiger partial charge is 0.258 e. The van der Waals surface area contributed by atoms with E-state index in [0.717, 1.165) is 16.5 Å². The molecule has 1 N–H and O–H groups in total. The number of rotatable bonds is 2. The van der Waals surface area contributed by atoms with Crippen LogP contribution in [0.4, 0.5) is 0 Å². The predicted octanol–water partition coefficient (Wildman–Crippen LogP) is 3.77. The molecule has 0 radical (unpaired) electrons. The molecule has 0 bridgehead atoms. The Morgan fingerprint density at radius 3 is 2.79 bits per heavy atom. The fourth-order valence-corrected chi connectivity index (χ4v) is 3.67. The van der Waals surface area contributed by atoms with Crippen molar-refractivity contribution in [2.45, 2.75) is 19.1 Å². The van der Waals surface area contributed by atoms with Crippen LogP contribution in [0.3, 0.4) is 0 Å². The molecule has 0 saturated heterocycles. The van der Waals surface area contributed by atoms with Gasteiger partial charge in [0.1, 0.15) is 5.75 Å². The number of aromatic nitrogens is 1. The highest BCUT2D eigenvalue weighted by Crippen LogP contribution is 2.39. The van der Waals surface area contributed by atoms with Crippen LogP contribution < -0.4 is 10.3 Å². The monoisotopic (exact) mass is 341 g/mol. The van der Waals surface area contributed by atoms with E-state index in [9.17, 15) is 9.90 Å². The molecule has 0 aliphatic carbocycles. The largest absolute Gasteiger partial charge is 0.497 e. The summed E-state index contributed by atoms with van der Waals surface area (Å²) in [5.74, 6) is 0.669. The standard InChI is InChI=1S/C19H16ClNO3/c1-24-13-5-6-14-15(10-13)17(11-3-2-4-12(20)9-11)18-16(22)7-8-21(18)19(14)23/h2-6,9-10,16,22H,7-8H2,1H3. The van der Waals surface area contributed by atoms with Gasteiger partial charge in [-0.3, -0.25) is 4.79 Å². The Kier molecular flexibility index (Phi) is 3.59. The van der Waals surface area contributed by atoms with Gasteiger partial charge < -0.3 is 14.4 Å². The molecular weight excluding hydrogens is 326 g/mol. The number of hydrogen-bond acceptors (Lipinski definition) is 3. The molecule has 122 valence electrons. The molecule has 1 aliphatic rings. The number of fused-ring (bicyclic) bond motifs is 2. The normalized spacial score (nSPS) is 16.4. The average Bonchev–Trinajstić information content (AvgIpc) is 2.97. The summed E-state index contributed by atoms with van der Waals surface area (Å²) in [6.45, 7) is 0.519. The molecule has 3 aromatic rings. The fraction of sp³-hybridized carbons (Fsp3) is 0.211. The molecule has 1 aliphatic heterocycles. The third kappa shape index (κ3) is 2.22. The van der Waals surface area contributed by atoms with Gasteiger partial charge in [0.15, 0.2) is 0 Å². The number of ether oxygens (including phenoxy) is 1. The van der Waals surface area contributed by atoms with E-state index in [1.807, 2.05) is 24.3 Å². The van der Waals surface area contributed by atoms with Gasteiger partial charge in [-0.2, -0.15) is 0 Å². The Morgan fingerprint density at radius 2 is 2.04 bits per heavy atom. The van der Waals surface area contributed by atoms with Gasteiger partial charge in [0.25, 0.3) is 5.56 Å². The highest BCUT2D eigenvalue weighted by atomic mass is 35.5. The maximum atomic E-state index is 12.8. The summed E-state index contributed by atoms with van der Waals surface area (Å²) in [7, 11) is 1.59. The van der Waals surface area contributed by atoms with Crippen molar-refractivity contribution < 1.29 is 9.84 Å². The van der Waals surface area contributed by atoms with Gasteiger partial charge in [0, 0.05) is 27.9 Å². The molecule has 1 unspecified atom stereocenters. The lowest BCUT2D eigenvalue weighted by Gasteiger charge is -2.17. The van der Waals surface area contributed by atoms with E-state index in [1.165, 1.54) is 0 Å². The molecule has 5 heteroatoms. The van der Waals surface area contributed by atoms with Crippen LogP contribution in [0, 0.1) is 0 Å². The molecule has 0 amide bonds. The zero-order valence-corrected chi connectivity index (χ0v) is 13.9. The van der Waals surface area contributed by atoms with Crippen molar-refractivity contribution in [3.63, 3.8) is 0 Å². The second kappa shape index (κ2) is 5.65. The maximum absolute atomic E-state index is 12.8. The van der Waals surface area contributed by atoms with Crippen molar-refractivity contribution in [1.29, 1.82) is 0 Å². The minimum atomic E-state index is -0.665. The number of methoxy groups -OCH3 is 1. The fourth-order valence-electron chi connectivity index (χ4n) is 3.48. The topological polar surface area (TPSA) is 51.5 Å². The lowest BCUT2D eigenvalue weighted by atomic mass is 9.95. The second-order valence-corrected chi connectivity index (χ2v) is 6.38. The average molecular weight is 342 g/mol. The number of hydrogen-bond donors (Lipinski definition) is 1. The highest BCUT2D eigenvalue weighted by molar-refractivity contribution is 6.30. The second-order valence-electron chi connectivity index (χ2n) is 5.94. The van der Waals surface area contributed by atoms with Gasteiger partial charge in [-0.25, -0.2) is 0 Å². The van der Waals surface area contributed by atoms with Crippen LogP contribution in [0.25, 0.3) is 21.9 Å². The summed E-state index contributed by atoms with van der Waals surface area (Å²) in [5, 5.41) is 12.5. The van der Waals surface area contributed by atoms with E-state index in [4.69, 9.17) is 16.3 Å². The summed E-state index contributed by atoms with van der Waals surface area (Å²) < 4.78 is 7.00. The van der Waals surface area contributed by atoms with Crippen molar-refractivity contribution in [1.82, 2.24) is 4.57 Å². The van der Waals surface area contributed by atoms with Gasteiger partial charge in [0.2, 0.25) is 0 Å². The van der Waals surface area contributed by atoms with E-state index in [-0.39, 0.29) is 5.56 Å². The van der Waals surface area contributed by atoms with Crippen LogP contribution in [0.1, 0.15) is 18.2 Å². The van der Waals surface area contributed by atoms with Gasteiger partial charge in [-0.15, -0.1) is 0 Å². The van der Waals surface area contributed by atoms with Crippen LogP contribution in [0.5, 0.6) is 5.75 Å². The Bertz CT molecular complexity index is 1010. The summed E-state index contributed by atoms with van der Waals surface area (Å²) in [5.41, 5.74) is 2.30. The van der Waals surface area contributed by atoms with Crippen molar-refractivity contribution in [3.05, 3.63) is 63.5 Å². The summed E-state index contributed by atoms with van der Waals surface area (Å²) in [4.78, 5) is 12.8. The number of aliphatic hydroxyl groups is 1. The van der Waals surface area contributed by atoms with E-state index < -0.39 is 6.10 Å². The maximum Gasteiger partial charge on any atom is 0.258 e. The van der Waals surface area contributed by atoms with E-state index in [2.05, 4.69) is 0 Å². The van der Waals surface area contributed by atoms with Crippen LogP contribution >= 0.6 is 11.6 Å². The Hall–Kier alpha value is -2.30. The number of halogens is 1. The molecule has 2 aromatic carbocycles. The van der Waals surface area contributed by atoms with Gasteiger partial charge in [-0.05, 0) is 42.3 Å². The SMILES string of the molecule is COc1ccc2c(=O)n3c(c(-c4cccc(Cl)c4)c2c1)C(O)CC3. The van der Waals surface area contributed by atoms with Crippen LogP contribution in [0.2, 0.25) is 5.02 Å². The molecule has 24 heavy (non-hydrogen) atoms. The van der Waals surface area contributed by atoms with E-state index >= 15 is 0 Å². The number of benzene rings is 2. The third-order valence-electron chi connectivity index (χ3n) is 4.57. The first-order valence-corrected chi connectivity index (χ1v) is 8.16. The molecule has 4 nitrogen and oxygen atoms in total. The zero-order chi connectivity index (χ0) is 16.8. The predicted molar refractivity (Wildman–Crippen MR) is 94.8 cm³/mol. The molecule has 0 fully saturated rings. The lowest BCUT2D eigenvalue weighted by molar-refractivity contribution is 0.180. The molecule has 0 spiro atoms. The summed E-state index contributed by atoms with van der Waals surface area (Å²) >= 11 is 6.17. The lowest BCUT2D eigenvalue weighted by Crippen LogP contribution is -2.21. The highest BCUT2D eigenvalue weighted by Gasteiger charge is 2.28. The first kappa shape index (κ1) is 15.2. The zero-order valence-electron chi connectivity index (χ0n) is 13.1. The van der Waals surface area contributed by atoms with Crippen LogP contribution in [-0.2, 0) is 6.54 Å². The molecule has 1 aromatic heterocycles. The molecule has 0 saturated carbocycles. The van der Waals surface area contributed by atoms with E-state index in [1.54, 1.807) is 29.9 Å². The molecule has 4 rings (SSSR count). The molecular formula is C19H16ClNO3. The number of nitrogens with zero attached hydrogens (tertiary/aromatic N) is 1. The van der Waals surface area contributed by atoms with Crippen molar-refractivity contribution in [3.8, 4) is 16.9 Å². The Morgan fingerprint density at radius 1 is 1.21 bits per heavy atom. The van der Waals surface area contributed by atoms with Gasteiger partial charge in [-0.1, -0.05) is 23.7 Å².